The van der Waals surface area contributed by atoms with Gasteiger partial charge in [-0.15, -0.1) is 0 Å². The lowest BCUT2D eigenvalue weighted by molar-refractivity contribution is -0.122. The molecule has 118 valence electrons. The molecule has 2 heterocycles. The molecule has 0 aromatic carbocycles. The van der Waals surface area contributed by atoms with Crippen LogP contribution in [0.2, 0.25) is 0 Å². The zero-order valence-corrected chi connectivity index (χ0v) is 12.8. The summed E-state index contributed by atoms with van der Waals surface area (Å²) >= 11 is 0. The van der Waals surface area contributed by atoms with E-state index < -0.39 is 21.8 Å². The number of hydrogen-bond donors (Lipinski definition) is 2. The molecule has 21 heavy (non-hydrogen) atoms. The summed E-state index contributed by atoms with van der Waals surface area (Å²) in [5.41, 5.74) is 11.0. The fraction of sp³-hybridized carbons (Fsp3) is 0.667. The molecule has 2 rings (SSSR count). The first-order chi connectivity index (χ1) is 9.86. The van der Waals surface area contributed by atoms with E-state index in [-0.39, 0.29) is 17.3 Å². The van der Waals surface area contributed by atoms with Gasteiger partial charge in [-0.05, 0) is 19.3 Å². The summed E-state index contributed by atoms with van der Waals surface area (Å²) < 4.78 is 28.1. The minimum Gasteiger partial charge on any atom is -0.381 e. The highest BCUT2D eigenvalue weighted by atomic mass is 32.2. The molecule has 0 aliphatic carbocycles. The van der Waals surface area contributed by atoms with Crippen LogP contribution in [-0.2, 0) is 21.4 Å². The predicted molar refractivity (Wildman–Crippen MR) is 77.6 cm³/mol. The number of sulfonamides is 1. The Morgan fingerprint density at radius 2 is 2.24 bits per heavy atom. The van der Waals surface area contributed by atoms with Gasteiger partial charge in [-0.2, -0.15) is 9.40 Å². The molecule has 0 bridgehead atoms. The molecular formula is C12H21N5O3S. The number of carbonyl (C=O) groups excluding carboxylic acids is 1. The van der Waals surface area contributed by atoms with E-state index in [1.807, 2.05) is 6.92 Å². The molecule has 9 heteroatoms. The lowest BCUT2D eigenvalue weighted by atomic mass is 9.99. The fourth-order valence-electron chi connectivity index (χ4n) is 2.49. The molecule has 1 saturated heterocycles. The number of piperidine rings is 1. The third kappa shape index (κ3) is 3.18. The summed E-state index contributed by atoms with van der Waals surface area (Å²) in [6.45, 7) is 3.04. The number of carbonyl (C=O) groups is 1. The number of aryl methyl sites for hydroxylation is 1. The second-order valence-electron chi connectivity index (χ2n) is 5.25. The Hall–Kier alpha value is -1.61. The van der Waals surface area contributed by atoms with E-state index in [1.165, 1.54) is 15.2 Å². The molecule has 1 atom stereocenters. The number of hydrogen-bond acceptors (Lipinski definition) is 5. The van der Waals surface area contributed by atoms with Crippen molar-refractivity contribution >= 4 is 21.7 Å². The SMILES string of the molecule is CCCn1cc(S(=O)(=O)N2CCCC(C(N)=O)C2)c(N)n1. The van der Waals surface area contributed by atoms with E-state index in [2.05, 4.69) is 5.10 Å². The third-order valence-corrected chi connectivity index (χ3v) is 5.49. The first kappa shape index (κ1) is 15.8. The van der Waals surface area contributed by atoms with Crippen LogP contribution in [0.25, 0.3) is 0 Å². The molecule has 1 fully saturated rings. The van der Waals surface area contributed by atoms with Crippen molar-refractivity contribution in [2.75, 3.05) is 18.8 Å². The Balaban J connectivity index is 2.27. The van der Waals surface area contributed by atoms with Gasteiger partial charge in [0.1, 0.15) is 4.90 Å². The second-order valence-corrected chi connectivity index (χ2v) is 7.15. The Morgan fingerprint density at radius 3 is 2.86 bits per heavy atom. The number of nitrogen functional groups attached to an aromatic ring is 1. The van der Waals surface area contributed by atoms with Gasteiger partial charge in [-0.3, -0.25) is 9.48 Å². The number of aromatic nitrogens is 2. The summed E-state index contributed by atoms with van der Waals surface area (Å²) in [7, 11) is -3.74. The highest BCUT2D eigenvalue weighted by molar-refractivity contribution is 7.89. The molecule has 0 spiro atoms. The van der Waals surface area contributed by atoms with Crippen molar-refractivity contribution in [2.24, 2.45) is 11.7 Å². The second kappa shape index (κ2) is 6.02. The normalized spacial score (nSPS) is 20.5. The van der Waals surface area contributed by atoms with Crippen LogP contribution in [-0.4, -0.2) is 41.5 Å². The van der Waals surface area contributed by atoms with E-state index in [9.17, 15) is 13.2 Å². The van der Waals surface area contributed by atoms with Gasteiger partial charge in [0.2, 0.25) is 15.9 Å². The lowest BCUT2D eigenvalue weighted by Gasteiger charge is -2.29. The van der Waals surface area contributed by atoms with E-state index in [0.717, 1.165) is 6.42 Å². The van der Waals surface area contributed by atoms with Crippen molar-refractivity contribution in [2.45, 2.75) is 37.6 Å². The number of primary amides is 1. The third-order valence-electron chi connectivity index (χ3n) is 3.61. The summed E-state index contributed by atoms with van der Waals surface area (Å²) in [5.74, 6) is -0.922. The van der Waals surface area contributed by atoms with E-state index in [4.69, 9.17) is 11.5 Å². The predicted octanol–water partition coefficient (Wildman–Crippen LogP) is -0.239. The Bertz CT molecular complexity index is 625. The van der Waals surface area contributed by atoms with Gasteiger partial charge >= 0.3 is 0 Å². The standard InChI is InChI=1S/C12H21N5O3S/c1-2-5-16-8-10(11(13)15-16)21(19,20)17-6-3-4-9(7-17)12(14)18/h8-9H,2-7H2,1H3,(H2,13,15)(H2,14,18). The summed E-state index contributed by atoms with van der Waals surface area (Å²) in [5, 5.41) is 4.01. The zero-order chi connectivity index (χ0) is 15.6. The average molecular weight is 315 g/mol. The van der Waals surface area contributed by atoms with Crippen LogP contribution >= 0.6 is 0 Å². The van der Waals surface area contributed by atoms with Gasteiger partial charge in [-0.1, -0.05) is 6.92 Å². The Kier molecular flexibility index (Phi) is 4.52. The van der Waals surface area contributed by atoms with Gasteiger partial charge in [0.25, 0.3) is 0 Å². The summed E-state index contributed by atoms with van der Waals surface area (Å²) in [6, 6.07) is 0. The quantitative estimate of drug-likeness (QED) is 0.776. The smallest absolute Gasteiger partial charge is 0.248 e. The van der Waals surface area contributed by atoms with Crippen molar-refractivity contribution < 1.29 is 13.2 Å². The number of amides is 1. The molecule has 0 radical (unpaired) electrons. The number of anilines is 1. The largest absolute Gasteiger partial charge is 0.381 e. The molecule has 0 saturated carbocycles. The Morgan fingerprint density at radius 1 is 1.52 bits per heavy atom. The highest BCUT2D eigenvalue weighted by Gasteiger charge is 2.34. The van der Waals surface area contributed by atoms with Gasteiger partial charge in [0.05, 0.1) is 5.92 Å². The van der Waals surface area contributed by atoms with Crippen LogP contribution in [0, 0.1) is 5.92 Å². The maximum Gasteiger partial charge on any atom is 0.248 e. The molecule has 8 nitrogen and oxygen atoms in total. The van der Waals surface area contributed by atoms with Crippen LogP contribution in [0.1, 0.15) is 26.2 Å². The van der Waals surface area contributed by atoms with Gasteiger partial charge in [0.15, 0.2) is 5.82 Å². The van der Waals surface area contributed by atoms with Crippen molar-refractivity contribution in [3.05, 3.63) is 6.20 Å². The van der Waals surface area contributed by atoms with Crippen LogP contribution < -0.4 is 11.5 Å². The van der Waals surface area contributed by atoms with Crippen LogP contribution in [0.3, 0.4) is 0 Å². The molecule has 1 aromatic heterocycles. The first-order valence-corrected chi connectivity index (χ1v) is 8.42. The molecule has 1 aliphatic rings. The molecule has 4 N–H and O–H groups in total. The average Bonchev–Trinajstić information content (AvgIpc) is 2.81. The Labute approximate surface area is 124 Å². The first-order valence-electron chi connectivity index (χ1n) is 6.98. The van der Waals surface area contributed by atoms with Gasteiger partial charge in [0, 0.05) is 25.8 Å². The number of nitrogens with zero attached hydrogens (tertiary/aromatic N) is 3. The van der Waals surface area contributed by atoms with Gasteiger partial charge in [-0.25, -0.2) is 8.42 Å². The molecule has 1 aromatic rings. The van der Waals surface area contributed by atoms with Crippen molar-refractivity contribution in [1.29, 1.82) is 0 Å². The lowest BCUT2D eigenvalue weighted by Crippen LogP contribution is -2.44. The van der Waals surface area contributed by atoms with Crippen LogP contribution in [0.15, 0.2) is 11.1 Å². The van der Waals surface area contributed by atoms with Crippen molar-refractivity contribution in [1.82, 2.24) is 14.1 Å². The summed E-state index contributed by atoms with van der Waals surface area (Å²) in [6.07, 6.45) is 3.50. The highest BCUT2D eigenvalue weighted by Crippen LogP contribution is 2.26. The minimum atomic E-state index is -3.74. The minimum absolute atomic E-state index is 0.000991. The number of nitrogens with two attached hydrogens (primary N) is 2. The van der Waals surface area contributed by atoms with Crippen molar-refractivity contribution in [3.8, 4) is 0 Å². The topological polar surface area (TPSA) is 124 Å². The summed E-state index contributed by atoms with van der Waals surface area (Å²) in [4.78, 5) is 11.3. The van der Waals surface area contributed by atoms with Crippen LogP contribution in [0.4, 0.5) is 5.82 Å². The van der Waals surface area contributed by atoms with Crippen molar-refractivity contribution in [3.63, 3.8) is 0 Å². The fourth-order valence-corrected chi connectivity index (χ4v) is 4.08. The van der Waals surface area contributed by atoms with E-state index in [1.54, 1.807) is 0 Å². The molecular weight excluding hydrogens is 294 g/mol. The maximum atomic E-state index is 12.6. The monoisotopic (exact) mass is 315 g/mol. The molecule has 1 unspecified atom stereocenters. The van der Waals surface area contributed by atoms with E-state index in [0.29, 0.717) is 25.9 Å². The maximum absolute atomic E-state index is 12.6. The molecule has 1 aliphatic heterocycles. The zero-order valence-electron chi connectivity index (χ0n) is 12.0. The number of rotatable bonds is 5. The van der Waals surface area contributed by atoms with E-state index >= 15 is 0 Å². The van der Waals surface area contributed by atoms with Gasteiger partial charge < -0.3 is 11.5 Å². The molecule has 1 amide bonds. The van der Waals surface area contributed by atoms with Crippen LogP contribution in [0.5, 0.6) is 0 Å².